The van der Waals surface area contributed by atoms with Crippen LogP contribution >= 0.6 is 11.3 Å². The molecule has 0 atom stereocenters. The summed E-state index contributed by atoms with van der Waals surface area (Å²) in [6.45, 7) is -0.166. The van der Waals surface area contributed by atoms with E-state index in [2.05, 4.69) is 15.4 Å². The van der Waals surface area contributed by atoms with Crippen LogP contribution in [-0.2, 0) is 24.2 Å². The average molecular weight is 396 g/mol. The molecule has 7 nitrogen and oxygen atoms in total. The maximum atomic E-state index is 12.4. The molecular weight excluding hydrogens is 376 g/mol. The van der Waals surface area contributed by atoms with E-state index in [0.29, 0.717) is 16.6 Å². The molecule has 0 saturated carbocycles. The van der Waals surface area contributed by atoms with Crippen molar-refractivity contribution in [3.05, 3.63) is 57.3 Å². The Morgan fingerprint density at radius 3 is 2.93 bits per heavy atom. The van der Waals surface area contributed by atoms with Crippen LogP contribution in [0.4, 0.5) is 5.13 Å². The molecule has 1 aliphatic carbocycles. The first-order chi connectivity index (χ1) is 13.6. The number of benzene rings is 1. The van der Waals surface area contributed by atoms with E-state index in [0.717, 1.165) is 35.2 Å². The molecule has 1 amide bonds. The summed E-state index contributed by atoms with van der Waals surface area (Å²) < 4.78 is 6.39. The van der Waals surface area contributed by atoms with Gasteiger partial charge in [-0.05, 0) is 43.9 Å². The van der Waals surface area contributed by atoms with Crippen LogP contribution in [0.5, 0.6) is 5.75 Å². The SMILES string of the molecule is COc1cccc(-c2ccc(=O)n(CC(=O)Nc3nc4c(s3)CCCC4)n2)c1. The van der Waals surface area contributed by atoms with Crippen molar-refractivity contribution in [2.24, 2.45) is 0 Å². The molecule has 0 fully saturated rings. The first-order valence-corrected chi connectivity index (χ1v) is 9.95. The van der Waals surface area contributed by atoms with Gasteiger partial charge in [-0.1, -0.05) is 12.1 Å². The van der Waals surface area contributed by atoms with E-state index < -0.39 is 0 Å². The number of thiazole rings is 1. The summed E-state index contributed by atoms with van der Waals surface area (Å²) in [5, 5.41) is 7.73. The number of anilines is 1. The fourth-order valence-electron chi connectivity index (χ4n) is 3.20. The number of hydrogen-bond acceptors (Lipinski definition) is 6. The van der Waals surface area contributed by atoms with Crippen molar-refractivity contribution in [2.75, 3.05) is 12.4 Å². The fraction of sp³-hybridized carbons (Fsp3) is 0.300. The van der Waals surface area contributed by atoms with Crippen LogP contribution in [0, 0.1) is 0 Å². The average Bonchev–Trinajstić information content (AvgIpc) is 3.11. The van der Waals surface area contributed by atoms with Gasteiger partial charge in [0.05, 0.1) is 18.5 Å². The van der Waals surface area contributed by atoms with E-state index in [9.17, 15) is 9.59 Å². The second-order valence-corrected chi connectivity index (χ2v) is 7.67. The standard InChI is InChI=1S/C20H20N4O3S/c1-27-14-6-4-5-13(11-14)15-9-10-19(26)24(23-15)12-18(25)22-20-21-16-7-2-3-8-17(16)28-20/h4-6,9-11H,2-3,7-8,12H2,1H3,(H,21,22,25). The van der Waals surface area contributed by atoms with E-state index in [1.807, 2.05) is 24.3 Å². The van der Waals surface area contributed by atoms with Crippen LogP contribution in [0.15, 0.2) is 41.2 Å². The maximum Gasteiger partial charge on any atom is 0.267 e. The third kappa shape index (κ3) is 3.96. The van der Waals surface area contributed by atoms with Crippen molar-refractivity contribution in [2.45, 2.75) is 32.2 Å². The predicted octanol–water partition coefficient (Wildman–Crippen LogP) is 2.89. The van der Waals surface area contributed by atoms with Gasteiger partial charge in [-0.25, -0.2) is 9.67 Å². The van der Waals surface area contributed by atoms with Crippen LogP contribution in [0.1, 0.15) is 23.4 Å². The Morgan fingerprint density at radius 1 is 1.25 bits per heavy atom. The predicted molar refractivity (Wildman–Crippen MR) is 108 cm³/mol. The van der Waals surface area contributed by atoms with Crippen LogP contribution < -0.4 is 15.6 Å². The van der Waals surface area contributed by atoms with Gasteiger partial charge in [0, 0.05) is 16.5 Å². The third-order valence-corrected chi connectivity index (χ3v) is 5.69. The van der Waals surface area contributed by atoms with Crippen molar-refractivity contribution < 1.29 is 9.53 Å². The van der Waals surface area contributed by atoms with E-state index in [1.165, 1.54) is 28.7 Å². The number of carbonyl (C=O) groups excluding carboxylic acids is 1. The van der Waals surface area contributed by atoms with Gasteiger partial charge in [0.1, 0.15) is 12.3 Å². The number of nitrogens with zero attached hydrogens (tertiary/aromatic N) is 3. The highest BCUT2D eigenvalue weighted by Crippen LogP contribution is 2.29. The van der Waals surface area contributed by atoms with Crippen molar-refractivity contribution in [1.29, 1.82) is 0 Å². The molecule has 0 bridgehead atoms. The van der Waals surface area contributed by atoms with Gasteiger partial charge in [-0.15, -0.1) is 11.3 Å². The number of hydrogen-bond donors (Lipinski definition) is 1. The minimum atomic E-state index is -0.333. The van der Waals surface area contributed by atoms with Crippen LogP contribution in [0.2, 0.25) is 0 Å². The summed E-state index contributed by atoms with van der Waals surface area (Å²) in [5.41, 5.74) is 2.15. The molecule has 3 aromatic rings. The summed E-state index contributed by atoms with van der Waals surface area (Å²) in [4.78, 5) is 30.3. The first kappa shape index (κ1) is 18.4. The van der Waals surface area contributed by atoms with Crippen molar-refractivity contribution in [3.8, 4) is 17.0 Å². The Bertz CT molecular complexity index is 1050. The summed E-state index contributed by atoms with van der Waals surface area (Å²) in [6.07, 6.45) is 4.29. The summed E-state index contributed by atoms with van der Waals surface area (Å²) >= 11 is 1.52. The first-order valence-electron chi connectivity index (χ1n) is 9.13. The summed E-state index contributed by atoms with van der Waals surface area (Å²) in [5.74, 6) is 0.381. The second kappa shape index (κ2) is 7.93. The normalized spacial score (nSPS) is 13.0. The van der Waals surface area contributed by atoms with Crippen molar-refractivity contribution >= 4 is 22.4 Å². The molecule has 2 aromatic heterocycles. The van der Waals surface area contributed by atoms with E-state index in [4.69, 9.17) is 4.74 Å². The summed E-state index contributed by atoms with van der Waals surface area (Å²) in [7, 11) is 1.59. The van der Waals surface area contributed by atoms with Gasteiger partial charge < -0.3 is 10.1 Å². The van der Waals surface area contributed by atoms with E-state index >= 15 is 0 Å². The Balaban J connectivity index is 1.51. The number of ether oxygens (including phenoxy) is 1. The van der Waals surface area contributed by atoms with Gasteiger partial charge in [-0.3, -0.25) is 9.59 Å². The molecule has 2 heterocycles. The topological polar surface area (TPSA) is 86.1 Å². The minimum absolute atomic E-state index is 0.166. The lowest BCUT2D eigenvalue weighted by atomic mass is 10.0. The molecule has 144 valence electrons. The number of nitrogens with one attached hydrogen (secondary N) is 1. The van der Waals surface area contributed by atoms with Crippen LogP contribution in [-0.4, -0.2) is 27.8 Å². The second-order valence-electron chi connectivity index (χ2n) is 6.59. The van der Waals surface area contributed by atoms with Gasteiger partial charge in [0.25, 0.3) is 5.56 Å². The largest absolute Gasteiger partial charge is 0.497 e. The Hall–Kier alpha value is -3.00. The fourth-order valence-corrected chi connectivity index (χ4v) is 4.26. The van der Waals surface area contributed by atoms with Gasteiger partial charge in [-0.2, -0.15) is 5.10 Å². The van der Waals surface area contributed by atoms with Gasteiger partial charge in [0.2, 0.25) is 5.91 Å². The van der Waals surface area contributed by atoms with Gasteiger partial charge >= 0.3 is 0 Å². The smallest absolute Gasteiger partial charge is 0.267 e. The molecule has 28 heavy (non-hydrogen) atoms. The Kier molecular flexibility index (Phi) is 5.21. The minimum Gasteiger partial charge on any atom is -0.497 e. The number of methoxy groups -OCH3 is 1. The highest BCUT2D eigenvalue weighted by Gasteiger charge is 2.17. The summed E-state index contributed by atoms with van der Waals surface area (Å²) in [6, 6.07) is 10.4. The number of amides is 1. The quantitative estimate of drug-likeness (QED) is 0.717. The van der Waals surface area contributed by atoms with Crippen molar-refractivity contribution in [3.63, 3.8) is 0 Å². The van der Waals surface area contributed by atoms with Crippen molar-refractivity contribution in [1.82, 2.24) is 14.8 Å². The Morgan fingerprint density at radius 2 is 2.11 bits per heavy atom. The molecule has 0 radical (unpaired) electrons. The third-order valence-electron chi connectivity index (χ3n) is 4.62. The van der Waals surface area contributed by atoms with Crippen LogP contribution in [0.3, 0.4) is 0 Å². The lowest BCUT2D eigenvalue weighted by Crippen LogP contribution is -2.29. The molecule has 0 spiro atoms. The molecule has 1 N–H and O–H groups in total. The zero-order valence-corrected chi connectivity index (χ0v) is 16.3. The Labute approximate surface area is 166 Å². The number of aryl methyl sites for hydroxylation is 2. The van der Waals surface area contributed by atoms with E-state index in [1.54, 1.807) is 13.2 Å². The molecule has 0 saturated heterocycles. The molecular formula is C20H20N4O3S. The van der Waals surface area contributed by atoms with E-state index in [-0.39, 0.29) is 18.0 Å². The molecule has 0 aliphatic heterocycles. The molecule has 1 aromatic carbocycles. The number of aromatic nitrogens is 3. The van der Waals surface area contributed by atoms with Crippen LogP contribution in [0.25, 0.3) is 11.3 Å². The molecule has 0 unspecified atom stereocenters. The highest BCUT2D eigenvalue weighted by atomic mass is 32.1. The highest BCUT2D eigenvalue weighted by molar-refractivity contribution is 7.15. The zero-order chi connectivity index (χ0) is 19.5. The maximum absolute atomic E-state index is 12.4. The lowest BCUT2D eigenvalue weighted by Gasteiger charge is -2.08. The lowest BCUT2D eigenvalue weighted by molar-refractivity contribution is -0.117. The monoisotopic (exact) mass is 396 g/mol. The number of carbonyl (C=O) groups is 1. The molecule has 1 aliphatic rings. The molecule has 8 heteroatoms. The molecule has 4 rings (SSSR count). The number of rotatable bonds is 5. The van der Waals surface area contributed by atoms with Gasteiger partial charge in [0.15, 0.2) is 5.13 Å². The number of fused-ring (bicyclic) bond motifs is 1. The zero-order valence-electron chi connectivity index (χ0n) is 15.5.